The van der Waals surface area contributed by atoms with E-state index >= 15 is 0 Å². The van der Waals surface area contributed by atoms with Gasteiger partial charge in [0, 0.05) is 5.69 Å². The molecule has 1 aliphatic heterocycles. The standard InChI is InChI=1S/C25H44BNO5Si/c1-22(2,3)30-21(28)27-20-15-14-19(26-31-24(6,7)25(8,9)32-26)17-18(20)13-12-16-23(4,5)33(10,11)29/h14-15,17,29H,12-13,16H2,1-11H3,(H,27,28). The molecule has 1 fully saturated rings. The Labute approximate surface area is 202 Å². The Morgan fingerprint density at radius 1 is 1.09 bits per heavy atom. The normalized spacial score (nSPS) is 18.4. The van der Waals surface area contributed by atoms with Gasteiger partial charge in [-0.05, 0) is 103 Å². The largest absolute Gasteiger partial charge is 0.494 e. The summed E-state index contributed by atoms with van der Waals surface area (Å²) < 4.78 is 17.9. The molecule has 1 aliphatic rings. The van der Waals surface area contributed by atoms with Crippen molar-refractivity contribution in [1.29, 1.82) is 0 Å². The van der Waals surface area contributed by atoms with Crippen LogP contribution >= 0.6 is 0 Å². The summed E-state index contributed by atoms with van der Waals surface area (Å²) in [7, 11) is -2.75. The van der Waals surface area contributed by atoms with E-state index in [4.69, 9.17) is 14.0 Å². The molecule has 1 aromatic carbocycles. The van der Waals surface area contributed by atoms with Crippen LogP contribution in [-0.2, 0) is 20.5 Å². The molecule has 2 N–H and O–H groups in total. The molecule has 0 atom stereocenters. The summed E-state index contributed by atoms with van der Waals surface area (Å²) in [5.41, 5.74) is 1.23. The first-order valence-electron chi connectivity index (χ1n) is 11.9. The lowest BCUT2D eigenvalue weighted by atomic mass is 9.77. The lowest BCUT2D eigenvalue weighted by molar-refractivity contribution is 0.00578. The minimum atomic E-state index is -2.28. The van der Waals surface area contributed by atoms with Gasteiger partial charge < -0.3 is 18.8 Å². The van der Waals surface area contributed by atoms with Gasteiger partial charge in [0.2, 0.25) is 0 Å². The first-order valence-corrected chi connectivity index (χ1v) is 14.9. The predicted molar refractivity (Wildman–Crippen MR) is 139 cm³/mol. The second kappa shape index (κ2) is 9.36. The fraction of sp³-hybridized carbons (Fsp3) is 0.720. The third kappa shape index (κ3) is 7.07. The van der Waals surface area contributed by atoms with Gasteiger partial charge in [0.05, 0.1) is 11.2 Å². The van der Waals surface area contributed by atoms with Crippen molar-refractivity contribution in [1.82, 2.24) is 0 Å². The first-order chi connectivity index (χ1) is 14.7. The number of hydrogen-bond acceptors (Lipinski definition) is 5. The van der Waals surface area contributed by atoms with Crippen molar-refractivity contribution < 1.29 is 23.6 Å². The fourth-order valence-electron chi connectivity index (χ4n) is 3.51. The number of ether oxygens (including phenoxy) is 1. The highest BCUT2D eigenvalue weighted by Crippen LogP contribution is 2.40. The molecule has 8 heteroatoms. The molecule has 1 saturated heterocycles. The number of amides is 1. The average Bonchev–Trinajstić information content (AvgIpc) is 2.81. The molecule has 2 rings (SSSR count). The van der Waals surface area contributed by atoms with Crippen molar-refractivity contribution in [2.45, 2.75) is 117 Å². The van der Waals surface area contributed by atoms with Gasteiger partial charge in [-0.1, -0.05) is 26.0 Å². The molecule has 0 unspecified atom stereocenters. The topological polar surface area (TPSA) is 77.0 Å². The highest BCUT2D eigenvalue weighted by molar-refractivity contribution is 6.72. The van der Waals surface area contributed by atoms with Crippen molar-refractivity contribution in [3.05, 3.63) is 23.8 Å². The van der Waals surface area contributed by atoms with Crippen molar-refractivity contribution in [2.75, 3.05) is 5.32 Å². The van der Waals surface area contributed by atoms with E-state index in [1.54, 1.807) is 0 Å². The van der Waals surface area contributed by atoms with Gasteiger partial charge in [-0.15, -0.1) is 0 Å². The Balaban J connectivity index is 2.28. The van der Waals surface area contributed by atoms with Crippen LogP contribution in [0.15, 0.2) is 18.2 Å². The number of carbonyl (C=O) groups is 1. The second-order valence-corrected chi connectivity index (χ2v) is 16.9. The minimum Gasteiger partial charge on any atom is -0.444 e. The van der Waals surface area contributed by atoms with Crippen molar-refractivity contribution in [2.24, 2.45) is 0 Å². The molecule has 186 valence electrons. The van der Waals surface area contributed by atoms with Crippen LogP contribution in [0.1, 0.15) is 80.7 Å². The zero-order valence-electron chi connectivity index (χ0n) is 22.5. The summed E-state index contributed by atoms with van der Waals surface area (Å²) in [6, 6.07) is 5.89. The van der Waals surface area contributed by atoms with Gasteiger partial charge in [0.25, 0.3) is 0 Å². The Morgan fingerprint density at radius 3 is 2.12 bits per heavy atom. The number of carbonyl (C=O) groups excluding carboxylic acids is 1. The molecule has 0 spiro atoms. The molecule has 0 aliphatic carbocycles. The molecular weight excluding hydrogens is 433 g/mol. The summed E-state index contributed by atoms with van der Waals surface area (Å²) in [5, 5.41) is 2.81. The number of aryl methyl sites for hydroxylation is 1. The van der Waals surface area contributed by atoms with Crippen LogP contribution in [0.25, 0.3) is 0 Å². The number of anilines is 1. The maximum Gasteiger partial charge on any atom is 0.494 e. The maximum absolute atomic E-state index is 12.4. The van der Waals surface area contributed by atoms with Gasteiger partial charge in [-0.2, -0.15) is 0 Å². The predicted octanol–water partition coefficient (Wildman–Crippen LogP) is 5.63. The summed E-state index contributed by atoms with van der Waals surface area (Å²) in [5.74, 6) is 0. The van der Waals surface area contributed by atoms with Gasteiger partial charge in [0.15, 0.2) is 8.32 Å². The zero-order valence-corrected chi connectivity index (χ0v) is 23.5. The van der Waals surface area contributed by atoms with Crippen LogP contribution in [0.2, 0.25) is 18.1 Å². The third-order valence-corrected chi connectivity index (χ3v) is 10.8. The van der Waals surface area contributed by atoms with Crippen LogP contribution in [0.3, 0.4) is 0 Å². The van der Waals surface area contributed by atoms with Crippen molar-refractivity contribution in [3.8, 4) is 0 Å². The lowest BCUT2D eigenvalue weighted by Crippen LogP contribution is -2.41. The molecule has 0 radical (unpaired) electrons. The summed E-state index contributed by atoms with van der Waals surface area (Å²) in [4.78, 5) is 23.1. The van der Waals surface area contributed by atoms with Crippen LogP contribution < -0.4 is 10.8 Å². The Hall–Kier alpha value is -1.35. The number of hydrogen-bond donors (Lipinski definition) is 2. The van der Waals surface area contributed by atoms with Gasteiger partial charge in [0.1, 0.15) is 5.60 Å². The van der Waals surface area contributed by atoms with E-state index in [9.17, 15) is 9.59 Å². The Kier molecular flexibility index (Phi) is 7.91. The van der Waals surface area contributed by atoms with Crippen LogP contribution in [-0.4, -0.2) is 43.1 Å². The van der Waals surface area contributed by atoms with Gasteiger partial charge in [-0.25, -0.2) is 4.79 Å². The van der Waals surface area contributed by atoms with E-state index in [2.05, 4.69) is 25.2 Å². The van der Waals surface area contributed by atoms with Crippen LogP contribution in [0.5, 0.6) is 0 Å². The zero-order chi connectivity index (χ0) is 25.5. The van der Waals surface area contributed by atoms with Gasteiger partial charge >= 0.3 is 13.2 Å². The molecule has 1 aromatic rings. The number of benzene rings is 1. The fourth-order valence-corrected chi connectivity index (χ4v) is 4.30. The summed E-state index contributed by atoms with van der Waals surface area (Å²) in [6.45, 7) is 21.9. The molecule has 1 amide bonds. The SMILES string of the molecule is CC(C)(C)OC(=O)Nc1ccc(B2OC(C)(C)C(C)(C)O2)cc1CCCC(C)(C)[Si](C)(C)O. The van der Waals surface area contributed by atoms with E-state index < -0.39 is 38.3 Å². The average molecular weight is 478 g/mol. The van der Waals surface area contributed by atoms with Crippen molar-refractivity contribution >= 4 is 32.7 Å². The van der Waals surface area contributed by atoms with E-state index in [-0.39, 0.29) is 5.04 Å². The molecular formula is C25H44BNO5Si. The molecule has 0 bridgehead atoms. The molecule has 1 heterocycles. The Bertz CT molecular complexity index is 839. The molecule has 0 aromatic heterocycles. The van der Waals surface area contributed by atoms with Crippen molar-refractivity contribution in [3.63, 3.8) is 0 Å². The second-order valence-electron chi connectivity index (χ2n) is 12.4. The van der Waals surface area contributed by atoms with Crippen LogP contribution in [0, 0.1) is 0 Å². The smallest absolute Gasteiger partial charge is 0.444 e. The third-order valence-electron chi connectivity index (χ3n) is 7.19. The van der Waals surface area contributed by atoms with E-state index in [1.165, 1.54) is 0 Å². The van der Waals surface area contributed by atoms with E-state index in [0.717, 1.165) is 36.0 Å². The van der Waals surface area contributed by atoms with E-state index in [1.807, 2.05) is 73.7 Å². The maximum atomic E-state index is 12.4. The highest BCUT2D eigenvalue weighted by atomic mass is 28.4. The Morgan fingerprint density at radius 2 is 1.64 bits per heavy atom. The molecule has 0 saturated carbocycles. The molecule has 33 heavy (non-hydrogen) atoms. The van der Waals surface area contributed by atoms with Crippen LogP contribution in [0.4, 0.5) is 10.5 Å². The number of rotatable bonds is 7. The molecule has 6 nitrogen and oxygen atoms in total. The highest BCUT2D eigenvalue weighted by Gasteiger charge is 2.51. The summed E-state index contributed by atoms with van der Waals surface area (Å²) >= 11 is 0. The first kappa shape index (κ1) is 27.9. The summed E-state index contributed by atoms with van der Waals surface area (Å²) in [6.07, 6.45) is 2.07. The van der Waals surface area contributed by atoms with Gasteiger partial charge in [-0.3, -0.25) is 5.32 Å². The quantitative estimate of drug-likeness (QED) is 0.498. The monoisotopic (exact) mass is 477 g/mol. The van der Waals surface area contributed by atoms with E-state index in [0.29, 0.717) is 0 Å². The lowest BCUT2D eigenvalue weighted by Gasteiger charge is -2.35. The number of nitrogens with one attached hydrogen (secondary N) is 1. The minimum absolute atomic E-state index is 0.102.